The van der Waals surface area contributed by atoms with E-state index in [1.54, 1.807) is 48.5 Å². The van der Waals surface area contributed by atoms with Crippen molar-refractivity contribution < 1.29 is 14.3 Å². The minimum Gasteiger partial charge on any atom is -0.503 e. The maximum absolute atomic E-state index is 13.4. The molecule has 2 heterocycles. The zero-order valence-electron chi connectivity index (χ0n) is 17.4. The van der Waals surface area contributed by atoms with Crippen LogP contribution in [0.4, 0.5) is 0 Å². The van der Waals surface area contributed by atoms with Gasteiger partial charge in [0.05, 0.1) is 28.7 Å². The molecule has 0 saturated carbocycles. The highest BCUT2D eigenvalue weighted by Crippen LogP contribution is 2.41. The molecule has 5 rings (SSSR count). The Labute approximate surface area is 214 Å². The van der Waals surface area contributed by atoms with Crippen LogP contribution in [0.5, 0.6) is 11.5 Å². The largest absolute Gasteiger partial charge is 0.503 e. The van der Waals surface area contributed by atoms with Crippen molar-refractivity contribution in [2.75, 3.05) is 7.11 Å². The molecule has 10 heteroatoms. The van der Waals surface area contributed by atoms with E-state index < -0.39 is 0 Å². The first-order chi connectivity index (χ1) is 16.4. The Morgan fingerprint density at radius 2 is 1.94 bits per heavy atom. The van der Waals surface area contributed by atoms with Crippen LogP contribution in [0.3, 0.4) is 0 Å². The number of nitrogens with zero attached hydrogens (tertiary/aromatic N) is 3. The summed E-state index contributed by atoms with van der Waals surface area (Å²) >= 11 is 12.9. The maximum atomic E-state index is 13.4. The van der Waals surface area contributed by atoms with Crippen molar-refractivity contribution in [3.05, 3.63) is 84.5 Å². The lowest BCUT2D eigenvalue weighted by atomic mass is 10.2. The summed E-state index contributed by atoms with van der Waals surface area (Å²) < 4.78 is 13.3. The predicted molar refractivity (Wildman–Crippen MR) is 139 cm³/mol. The number of halogens is 3. The Hall–Kier alpha value is -3.14. The first-order valence-electron chi connectivity index (χ1n) is 9.88. The molecule has 5 aromatic rings. The molecule has 0 aliphatic carbocycles. The number of phenolic OH excluding ortho intramolecular Hbond substituents is 1. The first kappa shape index (κ1) is 22.6. The van der Waals surface area contributed by atoms with E-state index in [1.165, 1.54) is 18.0 Å². The van der Waals surface area contributed by atoms with Crippen LogP contribution in [-0.4, -0.2) is 28.1 Å². The van der Waals surface area contributed by atoms with Gasteiger partial charge in [-0.2, -0.15) is 9.78 Å². The van der Waals surface area contributed by atoms with Crippen LogP contribution in [-0.2, 0) is 0 Å². The van der Waals surface area contributed by atoms with Crippen LogP contribution in [0.1, 0.15) is 5.56 Å². The molecule has 0 unspecified atom stereocenters. The zero-order valence-corrected chi connectivity index (χ0v) is 21.3. The maximum Gasteiger partial charge on any atom is 0.282 e. The molecule has 0 atom stereocenters. The summed E-state index contributed by atoms with van der Waals surface area (Å²) in [6.45, 7) is 0. The van der Waals surface area contributed by atoms with Crippen molar-refractivity contribution >= 4 is 71.5 Å². The number of methoxy groups -OCH3 is 1. The highest BCUT2D eigenvalue weighted by atomic mass is 79.9. The quantitative estimate of drug-likeness (QED) is 0.234. The minimum absolute atomic E-state index is 0.0577. The third kappa shape index (κ3) is 3.89. The second-order valence-corrected chi connectivity index (χ2v) is 9.27. The van der Waals surface area contributed by atoms with Gasteiger partial charge in [-0.3, -0.25) is 4.79 Å². The fraction of sp³-hybridized carbons (Fsp3) is 0.0417. The number of furan rings is 1. The van der Waals surface area contributed by atoms with E-state index in [1.807, 2.05) is 6.07 Å². The van der Waals surface area contributed by atoms with Crippen molar-refractivity contribution in [3.8, 4) is 23.1 Å². The number of phenols is 1. The highest BCUT2D eigenvalue weighted by molar-refractivity contribution is 9.13. The lowest BCUT2D eigenvalue weighted by Gasteiger charge is -2.10. The van der Waals surface area contributed by atoms with E-state index in [4.69, 9.17) is 20.8 Å². The van der Waals surface area contributed by atoms with Gasteiger partial charge in [0.25, 0.3) is 5.56 Å². The highest BCUT2D eigenvalue weighted by Gasteiger charge is 2.18. The van der Waals surface area contributed by atoms with Crippen LogP contribution in [0.15, 0.2) is 77.9 Å². The number of fused-ring (bicyclic) bond motifs is 2. The van der Waals surface area contributed by atoms with Gasteiger partial charge in [0.1, 0.15) is 5.58 Å². The van der Waals surface area contributed by atoms with Crippen LogP contribution in [0.2, 0.25) is 5.02 Å². The summed E-state index contributed by atoms with van der Waals surface area (Å²) in [5.74, 6) is 0.779. The molecule has 34 heavy (non-hydrogen) atoms. The average Bonchev–Trinajstić information content (AvgIpc) is 3.26. The number of hydrogen-bond acceptors (Lipinski definition) is 6. The number of ether oxygens (including phenoxy) is 1. The van der Waals surface area contributed by atoms with Crippen LogP contribution in [0.25, 0.3) is 33.5 Å². The van der Waals surface area contributed by atoms with Crippen LogP contribution in [0, 0.1) is 0 Å². The number of para-hydroxylation sites is 1. The Balaban J connectivity index is 1.74. The summed E-state index contributed by atoms with van der Waals surface area (Å²) in [4.78, 5) is 18.1. The smallest absolute Gasteiger partial charge is 0.282 e. The molecular formula is C24H14Br2ClN3O4. The second-order valence-electron chi connectivity index (χ2n) is 7.25. The number of aromatic nitrogens is 2. The summed E-state index contributed by atoms with van der Waals surface area (Å²) in [7, 11) is 1.44. The van der Waals surface area contributed by atoms with E-state index in [-0.39, 0.29) is 22.9 Å². The molecule has 0 aliphatic rings. The molecule has 0 bridgehead atoms. The molecule has 3 aromatic carbocycles. The zero-order chi connectivity index (χ0) is 24.0. The Bertz CT molecular complexity index is 1680. The minimum atomic E-state index is -0.365. The Morgan fingerprint density at radius 1 is 1.15 bits per heavy atom. The summed E-state index contributed by atoms with van der Waals surface area (Å²) in [6, 6.07) is 15.6. The van der Waals surface area contributed by atoms with Crippen molar-refractivity contribution in [2.45, 2.75) is 0 Å². The van der Waals surface area contributed by atoms with E-state index >= 15 is 0 Å². The average molecular weight is 604 g/mol. The topological polar surface area (TPSA) is 89.9 Å². The predicted octanol–water partition coefficient (Wildman–Crippen LogP) is 6.58. The lowest BCUT2D eigenvalue weighted by Crippen LogP contribution is -2.20. The third-order valence-electron chi connectivity index (χ3n) is 5.16. The van der Waals surface area contributed by atoms with Crippen molar-refractivity contribution in [3.63, 3.8) is 0 Å². The third-order valence-corrected chi connectivity index (χ3v) is 7.55. The Morgan fingerprint density at radius 3 is 2.74 bits per heavy atom. The van der Waals surface area contributed by atoms with Crippen molar-refractivity contribution in [1.82, 2.24) is 9.66 Å². The van der Waals surface area contributed by atoms with Crippen molar-refractivity contribution in [2.24, 2.45) is 5.10 Å². The normalized spacial score (nSPS) is 11.6. The van der Waals surface area contributed by atoms with Crippen molar-refractivity contribution in [1.29, 1.82) is 0 Å². The monoisotopic (exact) mass is 601 g/mol. The molecule has 0 aliphatic heterocycles. The van der Waals surface area contributed by atoms with Gasteiger partial charge in [0.15, 0.2) is 17.3 Å². The summed E-state index contributed by atoms with van der Waals surface area (Å²) in [5, 5.41) is 16.4. The Kier molecular flexibility index (Phi) is 5.93. The number of aromatic hydroxyl groups is 1. The second kappa shape index (κ2) is 8.90. The lowest BCUT2D eigenvalue weighted by molar-refractivity contribution is 0.371. The van der Waals surface area contributed by atoms with E-state index in [2.05, 4.69) is 41.9 Å². The van der Waals surface area contributed by atoms with Gasteiger partial charge in [-0.1, -0.05) is 23.7 Å². The van der Waals surface area contributed by atoms with E-state index in [0.717, 1.165) is 5.39 Å². The molecule has 1 N–H and O–H groups in total. The van der Waals surface area contributed by atoms with Gasteiger partial charge < -0.3 is 14.3 Å². The fourth-order valence-corrected chi connectivity index (χ4v) is 4.51. The standard InChI is InChI=1S/C24H14Br2ClN3O4/c1-33-18-10-13(20(25)21(26)22(18)31)11-28-30-23(29-16-5-3-2-4-15(16)24(30)32)19-9-12-8-14(27)6-7-17(12)34-19/h2-11,31H,1H3. The molecule has 2 aromatic heterocycles. The molecule has 0 amide bonds. The molecule has 0 saturated heterocycles. The van der Waals surface area contributed by atoms with Gasteiger partial charge >= 0.3 is 0 Å². The molecule has 0 spiro atoms. The van der Waals surface area contributed by atoms with Gasteiger partial charge in [0.2, 0.25) is 5.82 Å². The van der Waals surface area contributed by atoms with Gasteiger partial charge in [0, 0.05) is 20.4 Å². The van der Waals surface area contributed by atoms with Crippen LogP contribution >= 0.6 is 43.5 Å². The van der Waals surface area contributed by atoms with Gasteiger partial charge in [-0.05, 0) is 74.3 Å². The molecule has 0 fully saturated rings. The fourth-order valence-electron chi connectivity index (χ4n) is 3.50. The van der Waals surface area contributed by atoms with Crippen LogP contribution < -0.4 is 10.3 Å². The number of benzene rings is 3. The molecule has 7 nitrogen and oxygen atoms in total. The van der Waals surface area contributed by atoms with E-state index in [9.17, 15) is 9.90 Å². The summed E-state index contributed by atoms with van der Waals surface area (Å²) in [5.41, 5.74) is 1.31. The number of rotatable bonds is 4. The molecule has 0 radical (unpaired) electrons. The summed E-state index contributed by atoms with van der Waals surface area (Å²) in [6.07, 6.45) is 1.47. The first-order valence-corrected chi connectivity index (χ1v) is 11.8. The van der Waals surface area contributed by atoms with Gasteiger partial charge in [-0.15, -0.1) is 0 Å². The van der Waals surface area contributed by atoms with Gasteiger partial charge in [-0.25, -0.2) is 4.98 Å². The van der Waals surface area contributed by atoms with E-state index in [0.29, 0.717) is 41.8 Å². The molecule has 170 valence electrons. The number of hydrogen-bond donors (Lipinski definition) is 1. The SMILES string of the molecule is COc1cc(C=Nn2c(-c3cc4cc(Cl)ccc4o3)nc3ccccc3c2=O)c(Br)c(Br)c1O. The molecular weight excluding hydrogens is 590 g/mol.